The van der Waals surface area contributed by atoms with E-state index in [4.69, 9.17) is 4.98 Å². The lowest BCUT2D eigenvalue weighted by Gasteiger charge is -2.36. The van der Waals surface area contributed by atoms with Crippen LogP contribution < -0.4 is 0 Å². The SMILES string of the molecule is CC(C)n1c(CN2CC[C@H]3[C@H](CC(=O)N3C)C2)nc2ccccc21. The number of amides is 1. The normalized spacial score (nSPS) is 25.0. The molecule has 2 aliphatic heterocycles. The third-order valence-corrected chi connectivity index (χ3v) is 5.66. The summed E-state index contributed by atoms with van der Waals surface area (Å²) in [5.41, 5.74) is 2.29. The average Bonchev–Trinajstić information content (AvgIpc) is 3.05. The van der Waals surface area contributed by atoms with Crippen LogP contribution in [0.1, 0.15) is 38.6 Å². The van der Waals surface area contributed by atoms with E-state index in [0.717, 1.165) is 37.4 Å². The Morgan fingerprint density at radius 1 is 1.29 bits per heavy atom. The number of aromatic nitrogens is 2. The largest absolute Gasteiger partial charge is 0.342 e. The third-order valence-electron chi connectivity index (χ3n) is 5.66. The summed E-state index contributed by atoms with van der Waals surface area (Å²) >= 11 is 0. The van der Waals surface area contributed by atoms with E-state index in [1.165, 1.54) is 5.52 Å². The van der Waals surface area contributed by atoms with Crippen molar-refractivity contribution in [2.45, 2.75) is 45.3 Å². The second kappa shape index (κ2) is 5.88. The highest BCUT2D eigenvalue weighted by atomic mass is 16.2. The van der Waals surface area contributed by atoms with Crippen LogP contribution in [0.15, 0.2) is 24.3 Å². The summed E-state index contributed by atoms with van der Waals surface area (Å²) in [6, 6.07) is 9.21. The molecule has 0 bridgehead atoms. The molecule has 5 heteroatoms. The van der Waals surface area contributed by atoms with Crippen molar-refractivity contribution in [3.8, 4) is 0 Å². The maximum Gasteiger partial charge on any atom is 0.222 e. The molecule has 0 unspecified atom stereocenters. The van der Waals surface area contributed by atoms with Gasteiger partial charge in [0, 0.05) is 44.6 Å². The quantitative estimate of drug-likeness (QED) is 0.871. The van der Waals surface area contributed by atoms with E-state index >= 15 is 0 Å². The van der Waals surface area contributed by atoms with Crippen molar-refractivity contribution in [1.29, 1.82) is 0 Å². The van der Waals surface area contributed by atoms with E-state index in [-0.39, 0.29) is 0 Å². The van der Waals surface area contributed by atoms with Crippen LogP contribution in [-0.4, -0.2) is 51.4 Å². The van der Waals surface area contributed by atoms with Crippen LogP contribution in [0.2, 0.25) is 0 Å². The summed E-state index contributed by atoms with van der Waals surface area (Å²) in [5.74, 6) is 1.93. The number of piperidine rings is 1. The highest BCUT2D eigenvalue weighted by Crippen LogP contribution is 2.32. The van der Waals surface area contributed by atoms with Crippen molar-refractivity contribution in [1.82, 2.24) is 19.4 Å². The van der Waals surface area contributed by atoms with Crippen molar-refractivity contribution in [2.75, 3.05) is 20.1 Å². The predicted molar refractivity (Wildman–Crippen MR) is 94.7 cm³/mol. The van der Waals surface area contributed by atoms with E-state index in [1.54, 1.807) is 0 Å². The number of imidazole rings is 1. The molecule has 0 N–H and O–H groups in total. The van der Waals surface area contributed by atoms with E-state index in [1.807, 2.05) is 11.9 Å². The highest BCUT2D eigenvalue weighted by molar-refractivity contribution is 5.79. The van der Waals surface area contributed by atoms with Gasteiger partial charge in [-0.2, -0.15) is 0 Å². The van der Waals surface area contributed by atoms with Crippen LogP contribution in [0.25, 0.3) is 11.0 Å². The summed E-state index contributed by atoms with van der Waals surface area (Å²) in [7, 11) is 1.96. The first-order valence-electron chi connectivity index (χ1n) is 8.98. The van der Waals surface area contributed by atoms with Gasteiger partial charge in [0.15, 0.2) is 0 Å². The third kappa shape index (κ3) is 2.51. The van der Waals surface area contributed by atoms with Crippen molar-refractivity contribution in [3.63, 3.8) is 0 Å². The van der Waals surface area contributed by atoms with Crippen molar-refractivity contribution < 1.29 is 4.79 Å². The molecule has 1 aromatic heterocycles. The molecule has 2 fully saturated rings. The number of rotatable bonds is 3. The number of likely N-dealkylation sites (tertiary alicyclic amines) is 2. The number of hydrogen-bond donors (Lipinski definition) is 0. The first kappa shape index (κ1) is 15.6. The molecule has 0 saturated carbocycles. The summed E-state index contributed by atoms with van der Waals surface area (Å²) in [4.78, 5) is 21.3. The zero-order valence-electron chi connectivity index (χ0n) is 14.8. The van der Waals surface area contributed by atoms with Gasteiger partial charge in [0.2, 0.25) is 5.91 Å². The Morgan fingerprint density at radius 3 is 2.88 bits per heavy atom. The lowest BCUT2D eigenvalue weighted by molar-refractivity contribution is -0.127. The molecule has 2 saturated heterocycles. The topological polar surface area (TPSA) is 41.4 Å². The minimum atomic E-state index is 0.307. The summed E-state index contributed by atoms with van der Waals surface area (Å²) < 4.78 is 2.35. The number of fused-ring (bicyclic) bond motifs is 2. The molecule has 0 radical (unpaired) electrons. The Balaban J connectivity index is 1.57. The zero-order chi connectivity index (χ0) is 16.8. The smallest absolute Gasteiger partial charge is 0.222 e. The van der Waals surface area contributed by atoms with Gasteiger partial charge in [0.1, 0.15) is 5.82 Å². The van der Waals surface area contributed by atoms with Gasteiger partial charge >= 0.3 is 0 Å². The molecule has 128 valence electrons. The molecule has 5 nitrogen and oxygen atoms in total. The van der Waals surface area contributed by atoms with Crippen LogP contribution in [0.4, 0.5) is 0 Å². The predicted octanol–water partition coefficient (Wildman–Crippen LogP) is 2.67. The minimum absolute atomic E-state index is 0.307. The summed E-state index contributed by atoms with van der Waals surface area (Å²) in [6.07, 6.45) is 1.78. The van der Waals surface area contributed by atoms with Crippen molar-refractivity contribution >= 4 is 16.9 Å². The molecule has 0 aliphatic carbocycles. The lowest BCUT2D eigenvalue weighted by Crippen LogP contribution is -2.45. The minimum Gasteiger partial charge on any atom is -0.342 e. The lowest BCUT2D eigenvalue weighted by atomic mass is 9.93. The second-order valence-corrected chi connectivity index (χ2v) is 7.54. The first-order chi connectivity index (χ1) is 11.5. The fraction of sp³-hybridized carbons (Fsp3) is 0.579. The maximum absolute atomic E-state index is 12.0. The Labute approximate surface area is 143 Å². The molecule has 4 rings (SSSR count). The van der Waals surface area contributed by atoms with E-state index < -0.39 is 0 Å². The number of benzene rings is 1. The molecular formula is C19H26N4O. The van der Waals surface area contributed by atoms with Crippen molar-refractivity contribution in [3.05, 3.63) is 30.1 Å². The maximum atomic E-state index is 12.0. The van der Waals surface area contributed by atoms with Gasteiger partial charge in [0.25, 0.3) is 0 Å². The first-order valence-corrected chi connectivity index (χ1v) is 8.98. The number of carbonyl (C=O) groups is 1. The summed E-state index contributed by atoms with van der Waals surface area (Å²) in [5, 5.41) is 0. The number of carbonyl (C=O) groups excluding carboxylic acids is 1. The molecule has 1 amide bonds. The van der Waals surface area contributed by atoms with Crippen LogP contribution in [0, 0.1) is 5.92 Å². The highest BCUT2D eigenvalue weighted by Gasteiger charge is 2.41. The molecule has 1 aromatic carbocycles. The van der Waals surface area contributed by atoms with Gasteiger partial charge in [-0.1, -0.05) is 12.1 Å². The van der Waals surface area contributed by atoms with E-state index in [2.05, 4.69) is 47.6 Å². The fourth-order valence-electron chi connectivity index (χ4n) is 4.48. The molecule has 2 aromatic rings. The van der Waals surface area contributed by atoms with Crippen LogP contribution in [0.5, 0.6) is 0 Å². The summed E-state index contributed by atoms with van der Waals surface area (Å²) in [6.45, 7) is 7.35. The molecule has 3 heterocycles. The van der Waals surface area contributed by atoms with E-state index in [0.29, 0.717) is 30.3 Å². The van der Waals surface area contributed by atoms with Crippen LogP contribution in [-0.2, 0) is 11.3 Å². The van der Waals surface area contributed by atoms with Gasteiger partial charge in [-0.25, -0.2) is 4.98 Å². The van der Waals surface area contributed by atoms with Gasteiger partial charge in [-0.15, -0.1) is 0 Å². The number of nitrogens with zero attached hydrogens (tertiary/aromatic N) is 4. The average molecular weight is 326 g/mol. The Hall–Kier alpha value is -1.88. The second-order valence-electron chi connectivity index (χ2n) is 7.54. The molecular weight excluding hydrogens is 300 g/mol. The number of para-hydroxylation sites is 2. The molecule has 2 aliphatic rings. The van der Waals surface area contributed by atoms with Gasteiger partial charge in [0.05, 0.1) is 17.6 Å². The standard InChI is InChI=1S/C19H26N4O/c1-13(2)23-17-7-5-4-6-15(17)20-18(23)12-22-9-8-16-14(11-22)10-19(24)21(16)3/h4-7,13-14,16H,8-12H2,1-3H3/t14-,16+/m1/s1. The van der Waals surface area contributed by atoms with Crippen molar-refractivity contribution in [2.24, 2.45) is 5.92 Å². The molecule has 0 spiro atoms. The van der Waals surface area contributed by atoms with E-state index in [9.17, 15) is 4.79 Å². The van der Waals surface area contributed by atoms with Gasteiger partial charge in [-0.3, -0.25) is 9.69 Å². The van der Waals surface area contributed by atoms with Gasteiger partial charge < -0.3 is 9.47 Å². The Morgan fingerprint density at radius 2 is 2.08 bits per heavy atom. The Kier molecular flexibility index (Phi) is 3.83. The zero-order valence-corrected chi connectivity index (χ0v) is 14.8. The monoisotopic (exact) mass is 326 g/mol. The van der Waals surface area contributed by atoms with Crippen LogP contribution >= 0.6 is 0 Å². The number of hydrogen-bond acceptors (Lipinski definition) is 3. The fourth-order valence-corrected chi connectivity index (χ4v) is 4.48. The molecule has 24 heavy (non-hydrogen) atoms. The van der Waals surface area contributed by atoms with Gasteiger partial charge in [-0.05, 0) is 32.4 Å². The molecule has 2 atom stereocenters. The Bertz CT molecular complexity index is 766. The van der Waals surface area contributed by atoms with Crippen LogP contribution in [0.3, 0.4) is 0 Å².